The Bertz CT molecular complexity index is 171. The van der Waals surface area contributed by atoms with Crippen LogP contribution in [0.2, 0.25) is 0 Å². The maximum atomic E-state index is 10.7. The van der Waals surface area contributed by atoms with Crippen molar-refractivity contribution in [2.24, 2.45) is 4.99 Å². The number of hydrogen-bond acceptors (Lipinski definition) is 3. The molecular formula is C5H7BrN2OS. The minimum absolute atomic E-state index is 0.0341. The van der Waals surface area contributed by atoms with Gasteiger partial charge in [-0.2, -0.15) is 0 Å². The van der Waals surface area contributed by atoms with Crippen molar-refractivity contribution in [1.82, 2.24) is 5.32 Å². The molecule has 1 aliphatic rings. The van der Waals surface area contributed by atoms with Crippen LogP contribution in [0.3, 0.4) is 0 Å². The lowest BCUT2D eigenvalue weighted by Gasteiger charge is -1.98. The van der Waals surface area contributed by atoms with E-state index < -0.39 is 0 Å². The highest BCUT2D eigenvalue weighted by Gasteiger charge is 2.08. The lowest BCUT2D eigenvalue weighted by molar-refractivity contribution is -0.117. The summed E-state index contributed by atoms with van der Waals surface area (Å²) in [6, 6.07) is 0. The summed E-state index contributed by atoms with van der Waals surface area (Å²) >= 11 is 4.63. The van der Waals surface area contributed by atoms with Crippen LogP contribution < -0.4 is 5.32 Å². The molecule has 1 aliphatic heterocycles. The Balaban J connectivity index is 2.30. The number of amides is 1. The van der Waals surface area contributed by atoms with Gasteiger partial charge in [0.1, 0.15) is 0 Å². The Morgan fingerprint density at radius 2 is 2.70 bits per heavy atom. The van der Waals surface area contributed by atoms with Gasteiger partial charge in [-0.3, -0.25) is 9.79 Å². The van der Waals surface area contributed by atoms with E-state index in [2.05, 4.69) is 26.2 Å². The van der Waals surface area contributed by atoms with Crippen LogP contribution in [-0.4, -0.2) is 28.7 Å². The first-order valence-corrected chi connectivity index (χ1v) is 4.96. The van der Waals surface area contributed by atoms with Crippen molar-refractivity contribution >= 4 is 38.8 Å². The van der Waals surface area contributed by atoms with Crippen molar-refractivity contribution in [3.05, 3.63) is 0 Å². The minimum atomic E-state index is -0.0341. The molecule has 0 spiro atoms. The van der Waals surface area contributed by atoms with E-state index >= 15 is 0 Å². The second-order valence-corrected chi connectivity index (χ2v) is 3.36. The Morgan fingerprint density at radius 3 is 3.20 bits per heavy atom. The fraction of sp³-hybridized carbons (Fsp3) is 0.600. The lowest BCUT2D eigenvalue weighted by atomic mass is 10.7. The average molecular weight is 223 g/mol. The first-order chi connectivity index (χ1) is 4.83. The predicted octanol–water partition coefficient (Wildman–Crippen LogP) is 0.600. The number of aliphatic imine (C=N–C) groups is 1. The Hall–Kier alpha value is -0.0300. The molecule has 1 N–H and O–H groups in total. The van der Waals surface area contributed by atoms with Crippen LogP contribution >= 0.6 is 27.7 Å². The zero-order valence-corrected chi connectivity index (χ0v) is 7.67. The average Bonchev–Trinajstić information content (AvgIpc) is 2.40. The molecule has 0 radical (unpaired) electrons. The first kappa shape index (κ1) is 8.07. The second kappa shape index (κ2) is 3.98. The van der Waals surface area contributed by atoms with E-state index in [1.54, 1.807) is 11.8 Å². The van der Waals surface area contributed by atoms with Crippen LogP contribution in [0.15, 0.2) is 4.99 Å². The molecule has 56 valence electrons. The number of carbonyl (C=O) groups is 1. The van der Waals surface area contributed by atoms with Crippen molar-refractivity contribution in [2.45, 2.75) is 0 Å². The molecule has 1 amide bonds. The molecule has 1 heterocycles. The smallest absolute Gasteiger partial charge is 0.236 e. The van der Waals surface area contributed by atoms with E-state index in [9.17, 15) is 4.79 Å². The Labute approximate surface area is 71.8 Å². The van der Waals surface area contributed by atoms with Gasteiger partial charge in [-0.25, -0.2) is 0 Å². The van der Waals surface area contributed by atoms with E-state index in [4.69, 9.17) is 0 Å². The number of rotatable bonds is 1. The highest BCUT2D eigenvalue weighted by molar-refractivity contribution is 9.09. The molecule has 5 heteroatoms. The quantitative estimate of drug-likeness (QED) is 0.661. The summed E-state index contributed by atoms with van der Waals surface area (Å²) in [5.74, 6) is 0.950. The van der Waals surface area contributed by atoms with Gasteiger partial charge in [0.2, 0.25) is 5.91 Å². The number of halogens is 1. The Kier molecular flexibility index (Phi) is 3.21. The summed E-state index contributed by atoms with van der Waals surface area (Å²) in [5, 5.41) is 3.75. The molecule has 0 aromatic heterocycles. The molecular weight excluding hydrogens is 216 g/mol. The maximum absolute atomic E-state index is 10.7. The van der Waals surface area contributed by atoms with Crippen LogP contribution in [0, 0.1) is 0 Å². The number of amidine groups is 1. The van der Waals surface area contributed by atoms with Crippen molar-refractivity contribution < 1.29 is 4.79 Å². The van der Waals surface area contributed by atoms with E-state index in [1.165, 1.54) is 0 Å². The number of alkyl halides is 1. The fourth-order valence-electron chi connectivity index (χ4n) is 0.563. The Morgan fingerprint density at radius 1 is 1.90 bits per heavy atom. The van der Waals surface area contributed by atoms with Gasteiger partial charge in [-0.1, -0.05) is 27.7 Å². The zero-order valence-electron chi connectivity index (χ0n) is 5.26. The minimum Gasteiger partial charge on any atom is -0.305 e. The second-order valence-electron chi connectivity index (χ2n) is 1.72. The van der Waals surface area contributed by atoms with Crippen molar-refractivity contribution in [3.8, 4) is 0 Å². The largest absolute Gasteiger partial charge is 0.305 e. The number of nitrogens with zero attached hydrogens (tertiary/aromatic N) is 1. The van der Waals surface area contributed by atoms with Gasteiger partial charge >= 0.3 is 0 Å². The van der Waals surface area contributed by atoms with Crippen LogP contribution in [-0.2, 0) is 4.79 Å². The summed E-state index contributed by atoms with van der Waals surface area (Å²) in [6.45, 7) is 0.822. The van der Waals surface area contributed by atoms with Gasteiger partial charge in [0.05, 0.1) is 11.9 Å². The fourth-order valence-corrected chi connectivity index (χ4v) is 1.45. The normalized spacial score (nSPS) is 16.7. The molecule has 0 unspecified atom stereocenters. The van der Waals surface area contributed by atoms with Gasteiger partial charge < -0.3 is 5.32 Å². The van der Waals surface area contributed by atoms with Gasteiger partial charge in [0, 0.05) is 5.75 Å². The number of thioether (sulfide) groups is 1. The van der Waals surface area contributed by atoms with Crippen LogP contribution in [0.1, 0.15) is 0 Å². The summed E-state index contributed by atoms with van der Waals surface area (Å²) in [7, 11) is 0. The molecule has 0 bridgehead atoms. The van der Waals surface area contributed by atoms with Crippen LogP contribution in [0.5, 0.6) is 0 Å². The van der Waals surface area contributed by atoms with Gasteiger partial charge in [-0.05, 0) is 0 Å². The molecule has 0 saturated heterocycles. The van der Waals surface area contributed by atoms with Gasteiger partial charge in [0.15, 0.2) is 5.17 Å². The molecule has 1 rings (SSSR count). The van der Waals surface area contributed by atoms with Crippen LogP contribution in [0.25, 0.3) is 0 Å². The van der Waals surface area contributed by atoms with Crippen LogP contribution in [0.4, 0.5) is 0 Å². The van der Waals surface area contributed by atoms with E-state index in [-0.39, 0.29) is 5.91 Å². The SMILES string of the molecule is O=C(CBr)NC1=NCCS1. The highest BCUT2D eigenvalue weighted by Crippen LogP contribution is 2.08. The third kappa shape index (κ3) is 2.30. The molecule has 0 aromatic rings. The summed E-state index contributed by atoms with van der Waals surface area (Å²) in [6.07, 6.45) is 0. The standard InChI is InChI=1S/C5H7BrN2OS/c6-3-4(9)8-5-7-1-2-10-5/h1-3H2,(H,7,8,9). The third-order valence-electron chi connectivity index (χ3n) is 0.953. The topological polar surface area (TPSA) is 41.5 Å². The molecule has 0 aromatic carbocycles. The zero-order chi connectivity index (χ0) is 7.40. The monoisotopic (exact) mass is 222 g/mol. The van der Waals surface area contributed by atoms with E-state index in [0.717, 1.165) is 17.5 Å². The van der Waals surface area contributed by atoms with Crippen molar-refractivity contribution in [3.63, 3.8) is 0 Å². The predicted molar refractivity (Wildman–Crippen MR) is 46.7 cm³/mol. The highest BCUT2D eigenvalue weighted by atomic mass is 79.9. The van der Waals surface area contributed by atoms with Crippen molar-refractivity contribution in [2.75, 3.05) is 17.6 Å². The molecule has 0 saturated carbocycles. The summed E-state index contributed by atoms with van der Waals surface area (Å²) < 4.78 is 0. The number of carbonyl (C=O) groups excluding carboxylic acids is 1. The molecule has 3 nitrogen and oxygen atoms in total. The summed E-state index contributed by atoms with van der Waals surface area (Å²) in [5.41, 5.74) is 0. The van der Waals surface area contributed by atoms with Crippen molar-refractivity contribution in [1.29, 1.82) is 0 Å². The van der Waals surface area contributed by atoms with E-state index in [1.807, 2.05) is 0 Å². The van der Waals surface area contributed by atoms with Gasteiger partial charge in [0.25, 0.3) is 0 Å². The summed E-state index contributed by atoms with van der Waals surface area (Å²) in [4.78, 5) is 14.8. The molecule has 0 atom stereocenters. The number of nitrogens with one attached hydrogen (secondary N) is 1. The maximum Gasteiger partial charge on any atom is 0.236 e. The first-order valence-electron chi connectivity index (χ1n) is 2.86. The van der Waals surface area contributed by atoms with Gasteiger partial charge in [-0.15, -0.1) is 0 Å². The molecule has 0 aliphatic carbocycles. The van der Waals surface area contributed by atoms with E-state index in [0.29, 0.717) is 5.33 Å². The number of hydrogen-bond donors (Lipinski definition) is 1. The molecule has 10 heavy (non-hydrogen) atoms. The molecule has 0 fully saturated rings. The lowest BCUT2D eigenvalue weighted by Crippen LogP contribution is -2.27. The third-order valence-corrected chi connectivity index (χ3v) is 2.35.